The molecular weight excluding hydrogens is 244 g/mol. The average Bonchev–Trinajstić information content (AvgIpc) is 2.17. The minimum absolute atomic E-state index is 0.214. The van der Waals surface area contributed by atoms with Gasteiger partial charge in [-0.05, 0) is 25.0 Å². The van der Waals surface area contributed by atoms with E-state index in [0.717, 1.165) is 11.8 Å². The first-order valence-corrected chi connectivity index (χ1v) is 6.69. The van der Waals surface area contributed by atoms with Gasteiger partial charge in [0.2, 0.25) is 10.0 Å². The van der Waals surface area contributed by atoms with Crippen LogP contribution >= 0.6 is 0 Å². The third-order valence-corrected chi connectivity index (χ3v) is 3.34. The number of nitrogens with zero attached hydrogens (tertiary/aromatic N) is 2. The second-order valence-corrected chi connectivity index (χ2v) is 5.72. The summed E-state index contributed by atoms with van der Waals surface area (Å²) in [6, 6.07) is 1.73. The average molecular weight is 258 g/mol. The quantitative estimate of drug-likeness (QED) is 0.878. The van der Waals surface area contributed by atoms with Gasteiger partial charge in [-0.3, -0.25) is 4.98 Å². The standard InChI is InChI=1S/C10H14N2O4S/c1-7-4-9(8(2)11-5-7)6-12(10(13)14)17(3,15)16/h4-5H,6H2,1-3H3,(H,13,14). The van der Waals surface area contributed by atoms with Crippen LogP contribution in [0.1, 0.15) is 16.8 Å². The molecule has 0 unspecified atom stereocenters. The number of aromatic nitrogens is 1. The van der Waals surface area contributed by atoms with E-state index in [0.29, 0.717) is 15.6 Å². The van der Waals surface area contributed by atoms with Crippen LogP contribution in [0.4, 0.5) is 4.79 Å². The van der Waals surface area contributed by atoms with Gasteiger partial charge >= 0.3 is 6.09 Å². The SMILES string of the molecule is Cc1cnc(C)c(CN(C(=O)O)S(C)(=O)=O)c1. The van der Waals surface area contributed by atoms with E-state index >= 15 is 0 Å². The van der Waals surface area contributed by atoms with Crippen molar-refractivity contribution < 1.29 is 18.3 Å². The van der Waals surface area contributed by atoms with E-state index in [1.165, 1.54) is 0 Å². The molecule has 0 aliphatic carbocycles. The van der Waals surface area contributed by atoms with Gasteiger partial charge in [-0.2, -0.15) is 0 Å². The Labute approximate surface area is 100.0 Å². The molecule has 0 saturated carbocycles. The Kier molecular flexibility index (Phi) is 3.72. The number of carbonyl (C=O) groups is 1. The molecule has 0 saturated heterocycles. The maximum Gasteiger partial charge on any atom is 0.421 e. The van der Waals surface area contributed by atoms with Gasteiger partial charge in [0.15, 0.2) is 0 Å². The number of hydrogen-bond donors (Lipinski definition) is 1. The summed E-state index contributed by atoms with van der Waals surface area (Å²) < 4.78 is 23.0. The van der Waals surface area contributed by atoms with Crippen molar-refractivity contribution in [2.75, 3.05) is 6.26 Å². The number of sulfonamides is 1. The van der Waals surface area contributed by atoms with Gasteiger partial charge in [0.1, 0.15) is 0 Å². The smallest absolute Gasteiger partial charge is 0.421 e. The molecule has 1 amide bonds. The van der Waals surface area contributed by atoms with E-state index in [4.69, 9.17) is 5.11 Å². The van der Waals surface area contributed by atoms with Crippen molar-refractivity contribution in [3.05, 3.63) is 29.1 Å². The zero-order valence-electron chi connectivity index (χ0n) is 9.84. The second kappa shape index (κ2) is 4.70. The molecule has 1 aromatic heterocycles. The predicted octanol–water partition coefficient (Wildman–Crippen LogP) is 1.14. The molecule has 1 heterocycles. The number of amides is 1. The van der Waals surface area contributed by atoms with Gasteiger partial charge in [-0.1, -0.05) is 6.07 Å². The molecule has 0 fully saturated rings. The summed E-state index contributed by atoms with van der Waals surface area (Å²) in [6.07, 6.45) is 1.01. The lowest BCUT2D eigenvalue weighted by molar-refractivity contribution is 0.171. The largest absolute Gasteiger partial charge is 0.464 e. The monoisotopic (exact) mass is 258 g/mol. The van der Waals surface area contributed by atoms with Crippen LogP contribution in [0.3, 0.4) is 0 Å². The van der Waals surface area contributed by atoms with Crippen LogP contribution in [0.15, 0.2) is 12.3 Å². The van der Waals surface area contributed by atoms with Gasteiger partial charge in [-0.25, -0.2) is 17.5 Å². The summed E-state index contributed by atoms with van der Waals surface area (Å²) in [4.78, 5) is 14.9. The van der Waals surface area contributed by atoms with Crippen molar-refractivity contribution >= 4 is 16.1 Å². The Balaban J connectivity index is 3.11. The summed E-state index contributed by atoms with van der Waals surface area (Å²) in [5.41, 5.74) is 2.05. The number of pyridine rings is 1. The number of carboxylic acid groups (broad SMARTS) is 1. The summed E-state index contributed by atoms with van der Waals surface area (Å²) in [5.74, 6) is 0. The highest BCUT2D eigenvalue weighted by atomic mass is 32.2. The molecule has 0 spiro atoms. The fourth-order valence-corrected chi connectivity index (χ4v) is 2.00. The Morgan fingerprint density at radius 1 is 1.47 bits per heavy atom. The van der Waals surface area contributed by atoms with Crippen molar-refractivity contribution in [3.63, 3.8) is 0 Å². The van der Waals surface area contributed by atoms with Gasteiger partial charge in [0, 0.05) is 11.9 Å². The van der Waals surface area contributed by atoms with E-state index in [2.05, 4.69) is 4.98 Å². The topological polar surface area (TPSA) is 87.6 Å². The lowest BCUT2D eigenvalue weighted by Crippen LogP contribution is -2.34. The van der Waals surface area contributed by atoms with E-state index in [9.17, 15) is 13.2 Å². The lowest BCUT2D eigenvalue weighted by Gasteiger charge is -2.17. The minimum Gasteiger partial charge on any atom is -0.464 e. The van der Waals surface area contributed by atoms with Crippen LogP contribution in [-0.4, -0.2) is 35.2 Å². The molecule has 0 radical (unpaired) electrons. The van der Waals surface area contributed by atoms with Gasteiger partial charge < -0.3 is 5.11 Å². The van der Waals surface area contributed by atoms with E-state index in [-0.39, 0.29) is 6.54 Å². The molecule has 6 nitrogen and oxygen atoms in total. The molecule has 17 heavy (non-hydrogen) atoms. The fraction of sp³-hybridized carbons (Fsp3) is 0.400. The Hall–Kier alpha value is -1.63. The first kappa shape index (κ1) is 13.4. The van der Waals surface area contributed by atoms with Crippen molar-refractivity contribution in [2.24, 2.45) is 0 Å². The zero-order valence-corrected chi connectivity index (χ0v) is 10.7. The molecule has 7 heteroatoms. The molecule has 0 atom stereocenters. The van der Waals surface area contributed by atoms with Crippen LogP contribution in [0.5, 0.6) is 0 Å². The molecule has 0 bridgehead atoms. The lowest BCUT2D eigenvalue weighted by atomic mass is 10.1. The van der Waals surface area contributed by atoms with Crippen LogP contribution < -0.4 is 0 Å². The first-order chi connectivity index (χ1) is 7.71. The van der Waals surface area contributed by atoms with E-state index < -0.39 is 16.1 Å². The summed E-state index contributed by atoms with van der Waals surface area (Å²) in [5, 5.41) is 8.86. The number of hydrogen-bond acceptors (Lipinski definition) is 4. The first-order valence-electron chi connectivity index (χ1n) is 4.84. The van der Waals surface area contributed by atoms with Gasteiger partial charge in [0.05, 0.1) is 12.8 Å². The summed E-state index contributed by atoms with van der Waals surface area (Å²) in [7, 11) is -3.79. The zero-order chi connectivity index (χ0) is 13.2. The van der Waals surface area contributed by atoms with Crippen LogP contribution in [0, 0.1) is 13.8 Å². The van der Waals surface area contributed by atoms with Crippen LogP contribution in [-0.2, 0) is 16.6 Å². The molecule has 1 rings (SSSR count). The van der Waals surface area contributed by atoms with Crippen molar-refractivity contribution in [1.29, 1.82) is 0 Å². The highest BCUT2D eigenvalue weighted by molar-refractivity contribution is 7.88. The molecule has 0 aliphatic rings. The predicted molar refractivity (Wildman–Crippen MR) is 62.1 cm³/mol. The van der Waals surface area contributed by atoms with E-state index in [1.807, 2.05) is 6.92 Å². The fourth-order valence-electron chi connectivity index (χ4n) is 1.34. The van der Waals surface area contributed by atoms with Gasteiger partial charge in [-0.15, -0.1) is 0 Å². The van der Waals surface area contributed by atoms with Gasteiger partial charge in [0.25, 0.3) is 0 Å². The third-order valence-electron chi connectivity index (χ3n) is 2.26. The Bertz CT molecular complexity index is 539. The van der Waals surface area contributed by atoms with Crippen molar-refractivity contribution in [3.8, 4) is 0 Å². The van der Waals surface area contributed by atoms with Crippen LogP contribution in [0.25, 0.3) is 0 Å². The highest BCUT2D eigenvalue weighted by Crippen LogP contribution is 2.13. The normalized spacial score (nSPS) is 11.2. The Morgan fingerprint density at radius 2 is 2.06 bits per heavy atom. The van der Waals surface area contributed by atoms with Crippen molar-refractivity contribution in [2.45, 2.75) is 20.4 Å². The molecule has 1 N–H and O–H groups in total. The van der Waals surface area contributed by atoms with E-state index in [1.54, 1.807) is 19.2 Å². The molecule has 94 valence electrons. The summed E-state index contributed by atoms with van der Waals surface area (Å²) in [6.45, 7) is 3.30. The maximum absolute atomic E-state index is 11.3. The van der Waals surface area contributed by atoms with Crippen molar-refractivity contribution in [1.82, 2.24) is 9.29 Å². The summed E-state index contributed by atoms with van der Waals surface area (Å²) >= 11 is 0. The molecule has 0 aliphatic heterocycles. The Morgan fingerprint density at radius 3 is 2.53 bits per heavy atom. The van der Waals surface area contributed by atoms with Crippen LogP contribution in [0.2, 0.25) is 0 Å². The number of rotatable bonds is 3. The second-order valence-electron chi connectivity index (χ2n) is 3.81. The number of aryl methyl sites for hydroxylation is 2. The molecule has 1 aromatic rings. The molecule has 0 aromatic carbocycles. The highest BCUT2D eigenvalue weighted by Gasteiger charge is 2.23. The maximum atomic E-state index is 11.3. The minimum atomic E-state index is -3.79. The third kappa shape index (κ3) is 3.42. The molecular formula is C10H14N2O4S.